The predicted octanol–water partition coefficient (Wildman–Crippen LogP) is 2.02. The molecule has 0 aromatic rings. The Bertz CT molecular complexity index is 318. The third kappa shape index (κ3) is 4.73. The Morgan fingerprint density at radius 1 is 1.37 bits per heavy atom. The van der Waals surface area contributed by atoms with Gasteiger partial charge in [-0.2, -0.15) is 0 Å². The second kappa shape index (κ2) is 7.36. The summed E-state index contributed by atoms with van der Waals surface area (Å²) in [7, 11) is 1.40. The predicted molar refractivity (Wildman–Crippen MR) is 73.8 cm³/mol. The van der Waals surface area contributed by atoms with Gasteiger partial charge in [-0.05, 0) is 18.8 Å². The summed E-state index contributed by atoms with van der Waals surface area (Å²) < 4.78 is 4.79. The first-order valence-corrected chi connectivity index (χ1v) is 7.11. The average Bonchev–Trinajstić information content (AvgIpc) is 2.37. The van der Waals surface area contributed by atoms with Gasteiger partial charge in [0, 0.05) is 25.0 Å². The maximum Gasteiger partial charge on any atom is 0.409 e. The largest absolute Gasteiger partial charge is 0.453 e. The molecule has 0 aromatic carbocycles. The minimum absolute atomic E-state index is 0.0295. The van der Waals surface area contributed by atoms with E-state index in [-0.39, 0.29) is 24.0 Å². The van der Waals surface area contributed by atoms with E-state index in [1.165, 1.54) is 7.11 Å². The molecule has 1 N–H and O–H groups in total. The van der Waals surface area contributed by atoms with Crippen LogP contribution < -0.4 is 5.32 Å². The first-order chi connectivity index (χ1) is 8.97. The van der Waals surface area contributed by atoms with Gasteiger partial charge in [0.05, 0.1) is 7.11 Å². The highest BCUT2D eigenvalue weighted by Gasteiger charge is 2.31. The molecule has 5 nitrogen and oxygen atoms in total. The van der Waals surface area contributed by atoms with Gasteiger partial charge in [-0.3, -0.25) is 4.79 Å². The highest BCUT2D eigenvalue weighted by molar-refractivity contribution is 5.78. The Morgan fingerprint density at radius 3 is 2.58 bits per heavy atom. The number of carbonyl (C=O) groups excluding carboxylic acids is 2. The number of nitrogens with one attached hydrogen (secondary N) is 1. The zero-order chi connectivity index (χ0) is 14.4. The Labute approximate surface area is 115 Å². The summed E-state index contributed by atoms with van der Waals surface area (Å²) in [6, 6.07) is 0.0410. The quantitative estimate of drug-likeness (QED) is 0.850. The van der Waals surface area contributed by atoms with Crippen LogP contribution in [0.4, 0.5) is 4.79 Å². The summed E-state index contributed by atoms with van der Waals surface area (Å²) in [5.41, 5.74) is 0. The van der Waals surface area contributed by atoms with E-state index < -0.39 is 0 Å². The summed E-state index contributed by atoms with van der Waals surface area (Å²) >= 11 is 0. The molecule has 1 aliphatic rings. The Kier molecular flexibility index (Phi) is 6.12. The van der Waals surface area contributed by atoms with Gasteiger partial charge in [0.15, 0.2) is 0 Å². The van der Waals surface area contributed by atoms with E-state index in [2.05, 4.69) is 12.2 Å². The number of piperidine rings is 1. The number of carbonyl (C=O) groups is 2. The lowest BCUT2D eigenvalue weighted by molar-refractivity contribution is -0.125. The average molecular weight is 270 g/mol. The molecule has 0 saturated carbocycles. The van der Waals surface area contributed by atoms with E-state index in [4.69, 9.17) is 4.74 Å². The third-order valence-corrected chi connectivity index (χ3v) is 3.54. The highest BCUT2D eigenvalue weighted by atomic mass is 16.5. The van der Waals surface area contributed by atoms with Crippen molar-refractivity contribution >= 4 is 12.0 Å². The van der Waals surface area contributed by atoms with Crippen molar-refractivity contribution in [3.63, 3.8) is 0 Å². The van der Waals surface area contributed by atoms with E-state index in [1.54, 1.807) is 4.90 Å². The molecular weight excluding hydrogens is 244 g/mol. The summed E-state index contributed by atoms with van der Waals surface area (Å²) in [5.74, 6) is 0.459. The van der Waals surface area contributed by atoms with Gasteiger partial charge >= 0.3 is 6.09 Å². The number of likely N-dealkylation sites (tertiary alicyclic amines) is 1. The standard InChI is InChI=1S/C14H26N2O3/c1-5-6-11-7-12(15-13(17)10(2)3)9-16(8-11)14(18)19-4/h10-12H,5-9H2,1-4H3,(H,15,17). The van der Waals surface area contributed by atoms with Crippen LogP contribution in [0, 0.1) is 11.8 Å². The van der Waals surface area contributed by atoms with Crippen LogP contribution >= 0.6 is 0 Å². The maximum absolute atomic E-state index is 11.8. The molecule has 1 rings (SSSR count). The minimum atomic E-state index is -0.301. The zero-order valence-corrected chi connectivity index (χ0v) is 12.4. The Balaban J connectivity index is 2.64. The topological polar surface area (TPSA) is 58.6 Å². The molecule has 1 heterocycles. The van der Waals surface area contributed by atoms with Crippen molar-refractivity contribution in [2.45, 2.75) is 46.1 Å². The monoisotopic (exact) mass is 270 g/mol. The van der Waals surface area contributed by atoms with Crippen molar-refractivity contribution < 1.29 is 14.3 Å². The number of rotatable bonds is 4. The van der Waals surface area contributed by atoms with Gasteiger partial charge in [0.25, 0.3) is 0 Å². The molecule has 1 saturated heterocycles. The number of amides is 2. The van der Waals surface area contributed by atoms with Gasteiger partial charge in [0.2, 0.25) is 5.91 Å². The van der Waals surface area contributed by atoms with Crippen LogP contribution in [0.15, 0.2) is 0 Å². The molecular formula is C14H26N2O3. The molecule has 1 aliphatic heterocycles. The molecule has 0 aromatic heterocycles. The number of hydrogen-bond donors (Lipinski definition) is 1. The van der Waals surface area contributed by atoms with Crippen LogP contribution in [0.5, 0.6) is 0 Å². The molecule has 2 amide bonds. The van der Waals surface area contributed by atoms with E-state index in [0.29, 0.717) is 12.5 Å². The van der Waals surface area contributed by atoms with Gasteiger partial charge in [0.1, 0.15) is 0 Å². The molecule has 0 aliphatic carbocycles. The summed E-state index contributed by atoms with van der Waals surface area (Å²) in [6.45, 7) is 7.16. The fourth-order valence-corrected chi connectivity index (χ4v) is 2.57. The van der Waals surface area contributed by atoms with E-state index in [0.717, 1.165) is 25.8 Å². The number of ether oxygens (including phenoxy) is 1. The van der Waals surface area contributed by atoms with Gasteiger partial charge in [-0.1, -0.05) is 27.2 Å². The lowest BCUT2D eigenvalue weighted by atomic mass is 9.90. The molecule has 2 unspecified atom stereocenters. The van der Waals surface area contributed by atoms with Crippen molar-refractivity contribution in [2.75, 3.05) is 20.2 Å². The fourth-order valence-electron chi connectivity index (χ4n) is 2.57. The van der Waals surface area contributed by atoms with Crippen LogP contribution in [0.25, 0.3) is 0 Å². The molecule has 0 bridgehead atoms. The molecule has 19 heavy (non-hydrogen) atoms. The number of nitrogens with zero attached hydrogens (tertiary/aromatic N) is 1. The molecule has 110 valence electrons. The maximum atomic E-state index is 11.8. The lowest BCUT2D eigenvalue weighted by Crippen LogP contribution is -2.53. The summed E-state index contributed by atoms with van der Waals surface area (Å²) in [5, 5.41) is 3.03. The molecule has 0 spiro atoms. The zero-order valence-electron chi connectivity index (χ0n) is 12.4. The second-order valence-corrected chi connectivity index (χ2v) is 5.63. The normalized spacial score (nSPS) is 23.3. The molecule has 0 radical (unpaired) electrons. The SMILES string of the molecule is CCCC1CC(NC(=O)C(C)C)CN(C(=O)OC)C1. The summed E-state index contributed by atoms with van der Waals surface area (Å²) in [6.07, 6.45) is 2.80. The Hall–Kier alpha value is -1.26. The Morgan fingerprint density at radius 2 is 2.05 bits per heavy atom. The molecule has 5 heteroatoms. The molecule has 1 fully saturated rings. The van der Waals surface area contributed by atoms with Crippen LogP contribution in [0.2, 0.25) is 0 Å². The third-order valence-electron chi connectivity index (χ3n) is 3.54. The van der Waals surface area contributed by atoms with Crippen molar-refractivity contribution in [1.82, 2.24) is 10.2 Å². The van der Waals surface area contributed by atoms with Crippen molar-refractivity contribution in [2.24, 2.45) is 11.8 Å². The molecule has 2 atom stereocenters. The van der Waals surface area contributed by atoms with E-state index >= 15 is 0 Å². The number of methoxy groups -OCH3 is 1. The van der Waals surface area contributed by atoms with E-state index in [1.807, 2.05) is 13.8 Å². The van der Waals surface area contributed by atoms with Crippen molar-refractivity contribution in [3.05, 3.63) is 0 Å². The lowest BCUT2D eigenvalue weighted by Gasteiger charge is -2.37. The second-order valence-electron chi connectivity index (χ2n) is 5.63. The summed E-state index contributed by atoms with van der Waals surface area (Å²) in [4.78, 5) is 25.2. The van der Waals surface area contributed by atoms with Crippen LogP contribution in [0.1, 0.15) is 40.0 Å². The smallest absolute Gasteiger partial charge is 0.409 e. The van der Waals surface area contributed by atoms with Crippen molar-refractivity contribution in [3.8, 4) is 0 Å². The number of hydrogen-bond acceptors (Lipinski definition) is 3. The highest BCUT2D eigenvalue weighted by Crippen LogP contribution is 2.22. The van der Waals surface area contributed by atoms with Gasteiger partial charge in [-0.15, -0.1) is 0 Å². The van der Waals surface area contributed by atoms with Crippen LogP contribution in [0.3, 0.4) is 0 Å². The van der Waals surface area contributed by atoms with Crippen LogP contribution in [-0.2, 0) is 9.53 Å². The minimum Gasteiger partial charge on any atom is -0.453 e. The van der Waals surface area contributed by atoms with Gasteiger partial charge in [-0.25, -0.2) is 4.79 Å². The fraction of sp³-hybridized carbons (Fsp3) is 0.857. The van der Waals surface area contributed by atoms with Gasteiger partial charge < -0.3 is 15.0 Å². The first-order valence-electron chi connectivity index (χ1n) is 7.11. The van der Waals surface area contributed by atoms with E-state index in [9.17, 15) is 9.59 Å². The first kappa shape index (κ1) is 15.8. The van der Waals surface area contributed by atoms with Crippen LogP contribution in [-0.4, -0.2) is 43.1 Å². The van der Waals surface area contributed by atoms with Crippen molar-refractivity contribution in [1.29, 1.82) is 0 Å².